The van der Waals surface area contributed by atoms with E-state index in [2.05, 4.69) is 41.4 Å². The first-order valence-electron chi connectivity index (χ1n) is 6.59. The SMILES string of the molecule is Cc1cc(NC(C)(C)C)nc(Nc2cccc(Cl)c2Cl)n1. The topological polar surface area (TPSA) is 49.8 Å². The van der Waals surface area contributed by atoms with Gasteiger partial charge in [-0.25, -0.2) is 4.98 Å². The number of aryl methyl sites for hydroxylation is 1. The highest BCUT2D eigenvalue weighted by Crippen LogP contribution is 2.31. The van der Waals surface area contributed by atoms with Crippen LogP contribution in [0.3, 0.4) is 0 Å². The molecular formula is C15H18Cl2N4. The second kappa shape index (κ2) is 6.08. The molecule has 0 bridgehead atoms. The van der Waals surface area contributed by atoms with Gasteiger partial charge >= 0.3 is 0 Å². The van der Waals surface area contributed by atoms with Crippen LogP contribution in [0.1, 0.15) is 26.5 Å². The van der Waals surface area contributed by atoms with Crippen molar-refractivity contribution in [2.75, 3.05) is 10.6 Å². The molecule has 1 aromatic carbocycles. The molecule has 1 aromatic heterocycles. The van der Waals surface area contributed by atoms with Gasteiger partial charge in [0.2, 0.25) is 5.95 Å². The molecule has 0 aliphatic heterocycles. The van der Waals surface area contributed by atoms with Crippen LogP contribution in [0.25, 0.3) is 0 Å². The highest BCUT2D eigenvalue weighted by molar-refractivity contribution is 6.43. The minimum absolute atomic E-state index is 0.0776. The van der Waals surface area contributed by atoms with Crippen molar-refractivity contribution in [1.82, 2.24) is 9.97 Å². The van der Waals surface area contributed by atoms with E-state index in [0.29, 0.717) is 21.7 Å². The Hall–Kier alpha value is -1.52. The molecule has 0 fully saturated rings. The van der Waals surface area contributed by atoms with Crippen molar-refractivity contribution >= 4 is 40.7 Å². The van der Waals surface area contributed by atoms with Crippen LogP contribution in [-0.2, 0) is 0 Å². The van der Waals surface area contributed by atoms with Gasteiger partial charge in [0.15, 0.2) is 0 Å². The van der Waals surface area contributed by atoms with Gasteiger partial charge in [0, 0.05) is 17.3 Å². The quantitative estimate of drug-likeness (QED) is 0.829. The first kappa shape index (κ1) is 15.9. The van der Waals surface area contributed by atoms with Gasteiger partial charge in [-0.2, -0.15) is 4.98 Å². The molecule has 2 aromatic rings. The second-order valence-corrected chi connectivity index (χ2v) is 6.60. The van der Waals surface area contributed by atoms with Crippen molar-refractivity contribution in [3.05, 3.63) is 40.0 Å². The molecule has 6 heteroatoms. The average molecular weight is 325 g/mol. The summed E-state index contributed by atoms with van der Waals surface area (Å²) in [6.07, 6.45) is 0. The van der Waals surface area contributed by atoms with Crippen LogP contribution < -0.4 is 10.6 Å². The molecule has 4 nitrogen and oxygen atoms in total. The van der Waals surface area contributed by atoms with Crippen LogP contribution in [0.2, 0.25) is 10.0 Å². The van der Waals surface area contributed by atoms with E-state index < -0.39 is 0 Å². The summed E-state index contributed by atoms with van der Waals surface area (Å²) >= 11 is 12.2. The second-order valence-electron chi connectivity index (χ2n) is 5.82. The Balaban J connectivity index is 2.30. The molecular weight excluding hydrogens is 307 g/mol. The van der Waals surface area contributed by atoms with E-state index in [1.54, 1.807) is 6.07 Å². The largest absolute Gasteiger partial charge is 0.365 e. The third-order valence-corrected chi connectivity index (χ3v) is 3.37. The number of hydrogen-bond donors (Lipinski definition) is 2. The van der Waals surface area contributed by atoms with Gasteiger partial charge in [-0.3, -0.25) is 0 Å². The number of halogens is 2. The van der Waals surface area contributed by atoms with Crippen molar-refractivity contribution in [1.29, 1.82) is 0 Å². The van der Waals surface area contributed by atoms with Crippen LogP contribution >= 0.6 is 23.2 Å². The molecule has 0 radical (unpaired) electrons. The monoisotopic (exact) mass is 324 g/mol. The fourth-order valence-corrected chi connectivity index (χ4v) is 2.14. The maximum absolute atomic E-state index is 6.16. The molecule has 0 unspecified atom stereocenters. The lowest BCUT2D eigenvalue weighted by atomic mass is 10.1. The van der Waals surface area contributed by atoms with E-state index in [1.165, 1.54) is 0 Å². The van der Waals surface area contributed by atoms with Crippen LogP contribution in [0, 0.1) is 6.92 Å². The molecule has 0 saturated heterocycles. The van der Waals surface area contributed by atoms with Crippen molar-refractivity contribution < 1.29 is 0 Å². The first-order chi connectivity index (χ1) is 9.74. The van der Waals surface area contributed by atoms with Crippen LogP contribution in [-0.4, -0.2) is 15.5 Å². The van der Waals surface area contributed by atoms with Gasteiger partial charge in [0.05, 0.1) is 15.7 Å². The van der Waals surface area contributed by atoms with Crippen molar-refractivity contribution in [3.63, 3.8) is 0 Å². The lowest BCUT2D eigenvalue weighted by Gasteiger charge is -2.21. The fourth-order valence-electron chi connectivity index (χ4n) is 1.79. The number of rotatable bonds is 3. The molecule has 0 atom stereocenters. The standard InChI is InChI=1S/C15H18Cl2N4/c1-9-8-12(21-15(2,3)4)20-14(18-9)19-11-7-5-6-10(16)13(11)17/h5-8H,1-4H3,(H2,18,19,20,21). The molecule has 1 heterocycles. The van der Waals surface area contributed by atoms with Gasteiger partial charge in [-0.15, -0.1) is 0 Å². The van der Waals surface area contributed by atoms with Crippen LogP contribution in [0.15, 0.2) is 24.3 Å². The minimum Gasteiger partial charge on any atom is -0.365 e. The first-order valence-corrected chi connectivity index (χ1v) is 7.35. The number of nitrogens with zero attached hydrogens (tertiary/aromatic N) is 2. The van der Waals surface area contributed by atoms with Crippen molar-refractivity contribution in [3.8, 4) is 0 Å². The molecule has 0 aliphatic rings. The molecule has 2 N–H and O–H groups in total. The summed E-state index contributed by atoms with van der Waals surface area (Å²) in [6, 6.07) is 7.28. The maximum Gasteiger partial charge on any atom is 0.229 e. The third-order valence-electron chi connectivity index (χ3n) is 2.56. The van der Waals surface area contributed by atoms with E-state index in [0.717, 1.165) is 11.5 Å². The summed E-state index contributed by atoms with van der Waals surface area (Å²) in [4.78, 5) is 8.82. The van der Waals surface area contributed by atoms with Gasteiger partial charge in [0.1, 0.15) is 5.82 Å². The summed E-state index contributed by atoms with van der Waals surface area (Å²) in [6.45, 7) is 8.14. The normalized spacial score (nSPS) is 11.3. The van der Waals surface area contributed by atoms with E-state index in [1.807, 2.05) is 25.1 Å². The van der Waals surface area contributed by atoms with Crippen LogP contribution in [0.4, 0.5) is 17.5 Å². The summed E-state index contributed by atoms with van der Waals surface area (Å²) < 4.78 is 0. The lowest BCUT2D eigenvalue weighted by Crippen LogP contribution is -2.27. The Morgan fingerprint density at radius 1 is 1.10 bits per heavy atom. The maximum atomic E-state index is 6.16. The summed E-state index contributed by atoms with van der Waals surface area (Å²) in [5.41, 5.74) is 1.46. The Bertz CT molecular complexity index is 651. The molecule has 21 heavy (non-hydrogen) atoms. The van der Waals surface area contributed by atoms with Gasteiger partial charge < -0.3 is 10.6 Å². The fraction of sp³-hybridized carbons (Fsp3) is 0.333. The molecule has 112 valence electrons. The molecule has 0 spiro atoms. The Kier molecular flexibility index (Phi) is 4.59. The van der Waals surface area contributed by atoms with Gasteiger partial charge in [-0.05, 0) is 39.8 Å². The Morgan fingerprint density at radius 3 is 2.48 bits per heavy atom. The lowest BCUT2D eigenvalue weighted by molar-refractivity contribution is 0.630. The van der Waals surface area contributed by atoms with Gasteiger partial charge in [-0.1, -0.05) is 29.3 Å². The molecule has 2 rings (SSSR count). The van der Waals surface area contributed by atoms with E-state index in [-0.39, 0.29) is 5.54 Å². The minimum atomic E-state index is -0.0776. The van der Waals surface area contributed by atoms with Crippen molar-refractivity contribution in [2.45, 2.75) is 33.2 Å². The van der Waals surface area contributed by atoms with Crippen LogP contribution in [0.5, 0.6) is 0 Å². The number of anilines is 3. The van der Waals surface area contributed by atoms with E-state index >= 15 is 0 Å². The van der Waals surface area contributed by atoms with E-state index in [9.17, 15) is 0 Å². The molecule has 0 amide bonds. The highest BCUT2D eigenvalue weighted by Gasteiger charge is 2.12. The zero-order valence-corrected chi connectivity index (χ0v) is 14.0. The smallest absolute Gasteiger partial charge is 0.229 e. The summed E-state index contributed by atoms with van der Waals surface area (Å²) in [7, 11) is 0. The van der Waals surface area contributed by atoms with Gasteiger partial charge in [0.25, 0.3) is 0 Å². The zero-order valence-electron chi connectivity index (χ0n) is 12.5. The summed E-state index contributed by atoms with van der Waals surface area (Å²) in [5.74, 6) is 1.24. The molecule has 0 aliphatic carbocycles. The highest BCUT2D eigenvalue weighted by atomic mass is 35.5. The number of aromatic nitrogens is 2. The average Bonchev–Trinajstić information content (AvgIpc) is 2.32. The Labute approximate surface area is 134 Å². The predicted molar refractivity (Wildman–Crippen MR) is 89.9 cm³/mol. The van der Waals surface area contributed by atoms with Crippen molar-refractivity contribution in [2.24, 2.45) is 0 Å². The molecule has 0 saturated carbocycles. The third kappa shape index (κ3) is 4.48. The zero-order chi connectivity index (χ0) is 15.6. The predicted octanol–water partition coefficient (Wildman–Crippen LogP) is 5.05. The Morgan fingerprint density at radius 2 is 1.81 bits per heavy atom. The number of hydrogen-bond acceptors (Lipinski definition) is 4. The number of benzene rings is 1. The summed E-state index contributed by atoms with van der Waals surface area (Å²) in [5, 5.41) is 7.37. The van der Waals surface area contributed by atoms with E-state index in [4.69, 9.17) is 23.2 Å². The number of nitrogens with one attached hydrogen (secondary N) is 2.